The summed E-state index contributed by atoms with van der Waals surface area (Å²) in [7, 11) is 0. The molecular formula is C19H16O. The number of hydrogen-bond donors (Lipinski definition) is 0. The molecule has 0 radical (unpaired) electrons. The van der Waals surface area contributed by atoms with E-state index in [2.05, 4.69) is 18.2 Å². The molecule has 3 aromatic rings. The molecule has 20 heavy (non-hydrogen) atoms. The highest BCUT2D eigenvalue weighted by molar-refractivity contribution is 6.01. The largest absolute Gasteiger partial charge is 0.294 e. The second-order valence-electron chi connectivity index (χ2n) is 5.05. The van der Waals surface area contributed by atoms with E-state index in [4.69, 9.17) is 0 Å². The van der Waals surface area contributed by atoms with Crippen LogP contribution < -0.4 is 0 Å². The summed E-state index contributed by atoms with van der Waals surface area (Å²) in [5, 5.41) is 2.35. The van der Waals surface area contributed by atoms with Crippen molar-refractivity contribution in [3.8, 4) is 0 Å². The van der Waals surface area contributed by atoms with Crippen molar-refractivity contribution in [1.29, 1.82) is 0 Å². The zero-order valence-electron chi connectivity index (χ0n) is 11.5. The third-order valence-corrected chi connectivity index (χ3v) is 3.68. The molecule has 98 valence electrons. The maximum absolute atomic E-state index is 12.5. The monoisotopic (exact) mass is 260 g/mol. The van der Waals surface area contributed by atoms with Crippen molar-refractivity contribution in [3.05, 3.63) is 83.4 Å². The van der Waals surface area contributed by atoms with E-state index in [0.717, 1.165) is 22.1 Å². The summed E-state index contributed by atoms with van der Waals surface area (Å²) in [5.74, 6) is 0.180. The third-order valence-electron chi connectivity index (χ3n) is 3.68. The van der Waals surface area contributed by atoms with E-state index < -0.39 is 0 Å². The number of carbonyl (C=O) groups is 1. The van der Waals surface area contributed by atoms with Crippen LogP contribution >= 0.6 is 0 Å². The number of Topliss-reactive ketones (excluding diaryl/α,β-unsaturated/α-hetero) is 1. The van der Waals surface area contributed by atoms with Crippen LogP contribution in [0.25, 0.3) is 10.8 Å². The van der Waals surface area contributed by atoms with Crippen LogP contribution in [-0.2, 0) is 6.42 Å². The van der Waals surface area contributed by atoms with Crippen molar-refractivity contribution in [1.82, 2.24) is 0 Å². The molecule has 0 N–H and O–H groups in total. The smallest absolute Gasteiger partial charge is 0.167 e. The lowest BCUT2D eigenvalue weighted by molar-refractivity contribution is 0.0992. The van der Waals surface area contributed by atoms with Gasteiger partial charge in [0.05, 0.1) is 0 Å². The summed E-state index contributed by atoms with van der Waals surface area (Å²) < 4.78 is 0. The van der Waals surface area contributed by atoms with Crippen molar-refractivity contribution < 1.29 is 4.79 Å². The molecule has 0 unspecified atom stereocenters. The van der Waals surface area contributed by atoms with Gasteiger partial charge in [-0.1, -0.05) is 66.7 Å². The predicted molar refractivity (Wildman–Crippen MR) is 83.2 cm³/mol. The van der Waals surface area contributed by atoms with Crippen molar-refractivity contribution in [2.45, 2.75) is 13.3 Å². The van der Waals surface area contributed by atoms with Crippen molar-refractivity contribution in [2.75, 3.05) is 0 Å². The van der Waals surface area contributed by atoms with Gasteiger partial charge in [-0.3, -0.25) is 4.79 Å². The molecule has 0 heterocycles. The molecule has 0 aliphatic heterocycles. The molecule has 3 aromatic carbocycles. The lowest BCUT2D eigenvalue weighted by Gasteiger charge is -2.07. The summed E-state index contributed by atoms with van der Waals surface area (Å²) in [5.41, 5.74) is 2.95. The highest BCUT2D eigenvalue weighted by atomic mass is 16.1. The fraction of sp³-hybridized carbons (Fsp3) is 0.105. The van der Waals surface area contributed by atoms with Crippen molar-refractivity contribution in [3.63, 3.8) is 0 Å². The third kappa shape index (κ3) is 2.35. The van der Waals surface area contributed by atoms with Crippen molar-refractivity contribution in [2.24, 2.45) is 0 Å². The molecule has 0 aliphatic rings. The van der Waals surface area contributed by atoms with E-state index in [0.29, 0.717) is 6.42 Å². The van der Waals surface area contributed by atoms with Gasteiger partial charge in [0.1, 0.15) is 0 Å². The van der Waals surface area contributed by atoms with Gasteiger partial charge in [-0.05, 0) is 28.8 Å². The standard InChI is InChI=1S/C19H16O/c1-14-7-2-4-11-17(14)19(20)13-16-10-6-9-15-8-3-5-12-18(15)16/h2-12H,13H2,1H3. The number of benzene rings is 3. The highest BCUT2D eigenvalue weighted by Gasteiger charge is 2.11. The molecule has 0 aliphatic carbocycles. The van der Waals surface area contributed by atoms with Gasteiger partial charge in [0.15, 0.2) is 5.78 Å². The van der Waals surface area contributed by atoms with Crippen LogP contribution in [0.3, 0.4) is 0 Å². The molecule has 0 fully saturated rings. The fourth-order valence-corrected chi connectivity index (χ4v) is 2.60. The molecule has 0 amide bonds. The molecule has 0 aromatic heterocycles. The van der Waals surface area contributed by atoms with Crippen LogP contribution in [0.15, 0.2) is 66.7 Å². The van der Waals surface area contributed by atoms with Crippen LogP contribution in [0, 0.1) is 6.92 Å². The number of carbonyl (C=O) groups excluding carboxylic acids is 1. The Morgan fingerprint density at radius 3 is 2.40 bits per heavy atom. The minimum absolute atomic E-state index is 0.180. The number of rotatable bonds is 3. The van der Waals surface area contributed by atoms with Crippen molar-refractivity contribution >= 4 is 16.6 Å². The first-order chi connectivity index (χ1) is 9.75. The Morgan fingerprint density at radius 1 is 0.850 bits per heavy atom. The van der Waals surface area contributed by atoms with E-state index in [1.165, 1.54) is 5.39 Å². The maximum Gasteiger partial charge on any atom is 0.167 e. The summed E-state index contributed by atoms with van der Waals surface area (Å²) in [4.78, 5) is 12.5. The fourth-order valence-electron chi connectivity index (χ4n) is 2.60. The second-order valence-corrected chi connectivity index (χ2v) is 5.05. The molecule has 0 saturated heterocycles. The minimum Gasteiger partial charge on any atom is -0.294 e. The first kappa shape index (κ1) is 12.6. The Morgan fingerprint density at radius 2 is 1.55 bits per heavy atom. The zero-order valence-corrected chi connectivity index (χ0v) is 11.5. The number of aryl methyl sites for hydroxylation is 1. The minimum atomic E-state index is 0.180. The topological polar surface area (TPSA) is 17.1 Å². The molecule has 0 bridgehead atoms. The highest BCUT2D eigenvalue weighted by Crippen LogP contribution is 2.20. The SMILES string of the molecule is Cc1ccccc1C(=O)Cc1cccc2ccccc12. The normalized spacial score (nSPS) is 10.7. The summed E-state index contributed by atoms with van der Waals surface area (Å²) >= 11 is 0. The summed E-state index contributed by atoms with van der Waals surface area (Å²) in [6, 6.07) is 22.1. The van der Waals surface area contributed by atoms with Crippen LogP contribution in [0.4, 0.5) is 0 Å². The molecule has 3 rings (SSSR count). The lowest BCUT2D eigenvalue weighted by Crippen LogP contribution is -2.05. The zero-order chi connectivity index (χ0) is 13.9. The quantitative estimate of drug-likeness (QED) is 0.630. The Balaban J connectivity index is 1.98. The van der Waals surface area contributed by atoms with Gasteiger partial charge < -0.3 is 0 Å². The lowest BCUT2D eigenvalue weighted by atomic mass is 9.96. The summed E-state index contributed by atoms with van der Waals surface area (Å²) in [6.45, 7) is 1.98. The van der Waals surface area contributed by atoms with Gasteiger partial charge in [-0.15, -0.1) is 0 Å². The Bertz CT molecular complexity index is 766. The van der Waals surface area contributed by atoms with Crippen LogP contribution in [0.2, 0.25) is 0 Å². The average molecular weight is 260 g/mol. The first-order valence-corrected chi connectivity index (χ1v) is 6.81. The van der Waals surface area contributed by atoms with Gasteiger partial charge in [0.2, 0.25) is 0 Å². The maximum atomic E-state index is 12.5. The van der Waals surface area contributed by atoms with Crippen LogP contribution in [-0.4, -0.2) is 5.78 Å². The number of fused-ring (bicyclic) bond motifs is 1. The van der Waals surface area contributed by atoms with Gasteiger partial charge >= 0.3 is 0 Å². The number of hydrogen-bond acceptors (Lipinski definition) is 1. The molecular weight excluding hydrogens is 244 g/mol. The Labute approximate surface area is 118 Å². The van der Waals surface area contributed by atoms with E-state index in [1.807, 2.05) is 55.5 Å². The van der Waals surface area contributed by atoms with Crippen LogP contribution in [0.5, 0.6) is 0 Å². The van der Waals surface area contributed by atoms with Gasteiger partial charge in [0.25, 0.3) is 0 Å². The van der Waals surface area contributed by atoms with Gasteiger partial charge in [0, 0.05) is 12.0 Å². The molecule has 1 nitrogen and oxygen atoms in total. The van der Waals surface area contributed by atoms with E-state index in [9.17, 15) is 4.79 Å². The molecule has 0 saturated carbocycles. The summed E-state index contributed by atoms with van der Waals surface area (Å²) in [6.07, 6.45) is 0.451. The average Bonchev–Trinajstić information content (AvgIpc) is 2.48. The molecule has 1 heteroatoms. The second kappa shape index (κ2) is 5.30. The Hall–Kier alpha value is -2.41. The van der Waals surface area contributed by atoms with Crippen LogP contribution in [0.1, 0.15) is 21.5 Å². The first-order valence-electron chi connectivity index (χ1n) is 6.81. The number of ketones is 1. The van der Waals surface area contributed by atoms with Gasteiger partial charge in [-0.2, -0.15) is 0 Å². The van der Waals surface area contributed by atoms with E-state index in [1.54, 1.807) is 0 Å². The van der Waals surface area contributed by atoms with E-state index >= 15 is 0 Å². The Kier molecular flexibility index (Phi) is 3.34. The molecule has 0 spiro atoms. The van der Waals surface area contributed by atoms with E-state index in [-0.39, 0.29) is 5.78 Å². The predicted octanol–water partition coefficient (Wildman–Crippen LogP) is 4.57. The van der Waals surface area contributed by atoms with Gasteiger partial charge in [-0.25, -0.2) is 0 Å². The molecule has 0 atom stereocenters.